The highest BCUT2D eigenvalue weighted by Gasteiger charge is 2.25. The van der Waals surface area contributed by atoms with Gasteiger partial charge in [-0.3, -0.25) is 9.36 Å². The van der Waals surface area contributed by atoms with Crippen molar-refractivity contribution in [3.63, 3.8) is 0 Å². The van der Waals surface area contributed by atoms with Crippen LogP contribution in [0, 0.1) is 10.8 Å². The van der Waals surface area contributed by atoms with E-state index in [9.17, 15) is 9.70 Å². The molecule has 2 N–H and O–H groups in total. The molecule has 0 spiro atoms. The Morgan fingerprint density at radius 3 is 2.76 bits per heavy atom. The fraction of sp³-hybridized carbons (Fsp3) is 0.600. The number of nitrogen functional groups attached to an aromatic ring is 1. The minimum Gasteiger partial charge on any atom is -0.382 e. The van der Waals surface area contributed by atoms with E-state index in [2.05, 4.69) is 24.0 Å². The second kappa shape index (κ2) is 4.15. The molecule has 7 nitrogen and oxygen atoms in total. The van der Waals surface area contributed by atoms with E-state index in [0.29, 0.717) is 25.0 Å². The molecule has 0 atom stereocenters. The van der Waals surface area contributed by atoms with Crippen LogP contribution in [-0.4, -0.2) is 22.6 Å². The number of aromatic nitrogens is 2. The second-order valence-electron chi connectivity index (χ2n) is 4.53. The number of nitrogens with two attached hydrogens (primary N) is 1. The summed E-state index contributed by atoms with van der Waals surface area (Å²) in [5, 5.41) is 2.64. The van der Waals surface area contributed by atoms with Crippen molar-refractivity contribution in [2.45, 2.75) is 20.4 Å². The minimum absolute atomic E-state index is 0.0908. The highest BCUT2D eigenvalue weighted by atomic mass is 16.3. The predicted molar refractivity (Wildman–Crippen MR) is 65.4 cm³/mol. The van der Waals surface area contributed by atoms with Crippen molar-refractivity contribution >= 4 is 17.5 Å². The Bertz CT molecular complexity index is 508. The largest absolute Gasteiger partial charge is 0.382 e. The van der Waals surface area contributed by atoms with Crippen molar-refractivity contribution < 1.29 is 0 Å². The Labute approximate surface area is 98.2 Å². The van der Waals surface area contributed by atoms with Crippen LogP contribution in [0.25, 0.3) is 0 Å². The molecule has 0 aliphatic carbocycles. The number of rotatable bonds is 3. The first-order valence-electron chi connectivity index (χ1n) is 5.53. The van der Waals surface area contributed by atoms with Crippen molar-refractivity contribution in [3.05, 3.63) is 15.3 Å². The van der Waals surface area contributed by atoms with Crippen LogP contribution in [0.1, 0.15) is 13.8 Å². The number of nitroso groups, excluding NO2 is 1. The first kappa shape index (κ1) is 11.6. The topological polar surface area (TPSA) is 93.6 Å². The van der Waals surface area contributed by atoms with E-state index in [-0.39, 0.29) is 11.5 Å². The molecule has 7 heteroatoms. The molecule has 0 saturated carbocycles. The first-order chi connectivity index (χ1) is 8.04. The summed E-state index contributed by atoms with van der Waals surface area (Å²) >= 11 is 0. The van der Waals surface area contributed by atoms with Gasteiger partial charge in [0.15, 0.2) is 5.82 Å². The van der Waals surface area contributed by atoms with Gasteiger partial charge in [-0.1, -0.05) is 13.8 Å². The molecule has 2 rings (SSSR count). The molecule has 0 fully saturated rings. The summed E-state index contributed by atoms with van der Waals surface area (Å²) in [5.74, 6) is 0.907. The smallest absolute Gasteiger partial charge is 0.286 e. The third kappa shape index (κ3) is 1.88. The van der Waals surface area contributed by atoms with Crippen LogP contribution in [0.5, 0.6) is 0 Å². The van der Waals surface area contributed by atoms with E-state index >= 15 is 0 Å². The van der Waals surface area contributed by atoms with E-state index in [1.54, 1.807) is 0 Å². The van der Waals surface area contributed by atoms with Crippen LogP contribution in [0.2, 0.25) is 0 Å². The van der Waals surface area contributed by atoms with Crippen LogP contribution in [0.3, 0.4) is 0 Å². The lowest BCUT2D eigenvalue weighted by Gasteiger charge is -2.19. The molecule has 0 aromatic carbocycles. The molecule has 0 radical (unpaired) electrons. The van der Waals surface area contributed by atoms with Crippen LogP contribution < -0.4 is 16.2 Å². The molecule has 0 amide bonds. The third-order valence-electron chi connectivity index (χ3n) is 2.71. The van der Waals surface area contributed by atoms with E-state index in [1.165, 1.54) is 4.57 Å². The van der Waals surface area contributed by atoms with Gasteiger partial charge in [0.05, 0.1) is 0 Å². The fourth-order valence-electron chi connectivity index (χ4n) is 2.01. The average Bonchev–Trinajstić information content (AvgIpc) is 2.61. The van der Waals surface area contributed by atoms with E-state index in [0.717, 1.165) is 6.54 Å². The van der Waals surface area contributed by atoms with Crippen LogP contribution >= 0.6 is 0 Å². The molecular formula is C10H15N5O2. The lowest BCUT2D eigenvalue weighted by atomic mass is 10.2. The van der Waals surface area contributed by atoms with Gasteiger partial charge >= 0.3 is 0 Å². The van der Waals surface area contributed by atoms with Crippen LogP contribution in [-0.2, 0) is 6.54 Å². The zero-order valence-electron chi connectivity index (χ0n) is 9.88. The van der Waals surface area contributed by atoms with Crippen molar-refractivity contribution in [2.75, 3.05) is 23.7 Å². The summed E-state index contributed by atoms with van der Waals surface area (Å²) in [4.78, 5) is 28.5. The van der Waals surface area contributed by atoms with E-state index in [4.69, 9.17) is 5.73 Å². The van der Waals surface area contributed by atoms with Crippen molar-refractivity contribution in [2.24, 2.45) is 11.1 Å². The molecule has 1 aromatic rings. The van der Waals surface area contributed by atoms with Gasteiger partial charge in [-0.25, -0.2) is 0 Å². The monoisotopic (exact) mass is 237 g/mol. The number of fused-ring (bicyclic) bond motifs is 1. The molecule has 2 heterocycles. The van der Waals surface area contributed by atoms with Gasteiger partial charge in [0.25, 0.3) is 5.56 Å². The lowest BCUT2D eigenvalue weighted by molar-refractivity contribution is 0.618. The zero-order chi connectivity index (χ0) is 12.6. The summed E-state index contributed by atoms with van der Waals surface area (Å²) in [6.07, 6.45) is 0. The minimum atomic E-state index is -0.450. The third-order valence-corrected chi connectivity index (χ3v) is 2.71. The standard InChI is InChI=1S/C10H15N5O2/c1-6(2)5-14-3-4-15-9(16)7(13-17)8(11)12-10(14)15/h6H,3-5,11H2,1-2H3. The van der Waals surface area contributed by atoms with Crippen molar-refractivity contribution in [1.82, 2.24) is 9.55 Å². The van der Waals surface area contributed by atoms with Gasteiger partial charge in [0.2, 0.25) is 11.6 Å². The van der Waals surface area contributed by atoms with Gasteiger partial charge in [-0.05, 0) is 11.1 Å². The molecule has 0 unspecified atom stereocenters. The van der Waals surface area contributed by atoms with Gasteiger partial charge < -0.3 is 10.6 Å². The summed E-state index contributed by atoms with van der Waals surface area (Å²) < 4.78 is 1.45. The maximum atomic E-state index is 11.9. The normalized spacial score (nSPS) is 14.2. The average molecular weight is 237 g/mol. The quantitative estimate of drug-likeness (QED) is 0.781. The molecule has 1 aliphatic rings. The van der Waals surface area contributed by atoms with Crippen molar-refractivity contribution in [3.8, 4) is 0 Å². The number of hydrogen-bond donors (Lipinski definition) is 1. The predicted octanol–water partition coefficient (Wildman–Crippen LogP) is 0.699. The Balaban J connectivity index is 2.48. The second-order valence-corrected chi connectivity index (χ2v) is 4.53. The number of nitrogens with zero attached hydrogens (tertiary/aromatic N) is 4. The molecule has 0 saturated heterocycles. The summed E-state index contributed by atoms with van der Waals surface area (Å²) in [6.45, 7) is 6.22. The number of hydrogen-bond acceptors (Lipinski definition) is 6. The molecule has 0 bridgehead atoms. The van der Waals surface area contributed by atoms with Crippen LogP contribution in [0.15, 0.2) is 9.97 Å². The van der Waals surface area contributed by atoms with Gasteiger partial charge in [0.1, 0.15) is 0 Å². The maximum Gasteiger partial charge on any atom is 0.286 e. The SMILES string of the molecule is CC(C)CN1CCn2c1nc(N)c(N=O)c2=O. The van der Waals surface area contributed by atoms with E-state index in [1.807, 2.05) is 4.90 Å². The zero-order valence-corrected chi connectivity index (χ0v) is 9.88. The fourth-order valence-corrected chi connectivity index (χ4v) is 2.01. The summed E-state index contributed by atoms with van der Waals surface area (Å²) in [7, 11) is 0. The van der Waals surface area contributed by atoms with Gasteiger partial charge in [-0.15, -0.1) is 4.91 Å². The first-order valence-corrected chi connectivity index (χ1v) is 5.53. The molecule has 92 valence electrons. The highest BCUT2D eigenvalue weighted by molar-refractivity contribution is 5.59. The molecular weight excluding hydrogens is 222 g/mol. The molecule has 1 aromatic heterocycles. The highest BCUT2D eigenvalue weighted by Crippen LogP contribution is 2.23. The molecule has 1 aliphatic heterocycles. The summed E-state index contributed by atoms with van der Waals surface area (Å²) in [6, 6.07) is 0. The lowest BCUT2D eigenvalue weighted by Crippen LogP contribution is -2.27. The molecule has 17 heavy (non-hydrogen) atoms. The van der Waals surface area contributed by atoms with Gasteiger partial charge in [0, 0.05) is 19.6 Å². The Morgan fingerprint density at radius 1 is 1.47 bits per heavy atom. The van der Waals surface area contributed by atoms with Gasteiger partial charge in [-0.2, -0.15) is 4.98 Å². The number of anilines is 2. The van der Waals surface area contributed by atoms with Crippen molar-refractivity contribution in [1.29, 1.82) is 0 Å². The maximum absolute atomic E-state index is 11.9. The summed E-state index contributed by atoms with van der Waals surface area (Å²) in [5.41, 5.74) is 4.81. The van der Waals surface area contributed by atoms with E-state index < -0.39 is 5.56 Å². The Kier molecular flexibility index (Phi) is 2.83. The Morgan fingerprint density at radius 2 is 2.18 bits per heavy atom. The van der Waals surface area contributed by atoms with Crippen LogP contribution in [0.4, 0.5) is 17.5 Å². The Hall–Kier alpha value is -1.92.